The molecular formula is C19H19F3N4O. The molecule has 5 nitrogen and oxygen atoms in total. The maximum Gasteiger partial charge on any atom is 0.416 e. The van der Waals surface area contributed by atoms with E-state index in [-0.39, 0.29) is 5.91 Å². The van der Waals surface area contributed by atoms with Crippen LogP contribution >= 0.6 is 0 Å². The standard InChI is InChI=1S/C19H19F3N4O/c1-2-4-17(27)25-9-11-26(12-10-25)18-23-8-7-16(24-18)14-5-3-6-15(13-14)19(20,21)22/h2-8,13H,9-12H2,1H3/b4-2+. The van der Waals surface area contributed by atoms with E-state index in [1.807, 2.05) is 4.90 Å². The second-order valence-electron chi connectivity index (χ2n) is 6.13. The second kappa shape index (κ2) is 7.77. The minimum atomic E-state index is -4.40. The van der Waals surface area contributed by atoms with Crippen LogP contribution in [-0.4, -0.2) is 47.0 Å². The predicted octanol–water partition coefficient (Wildman–Crippen LogP) is 3.39. The van der Waals surface area contributed by atoms with E-state index in [0.717, 1.165) is 12.1 Å². The summed E-state index contributed by atoms with van der Waals surface area (Å²) >= 11 is 0. The number of aromatic nitrogens is 2. The van der Waals surface area contributed by atoms with Gasteiger partial charge in [0.15, 0.2) is 0 Å². The Balaban J connectivity index is 1.76. The maximum absolute atomic E-state index is 12.9. The number of carbonyl (C=O) groups excluding carboxylic acids is 1. The number of hydrogen-bond acceptors (Lipinski definition) is 4. The zero-order valence-corrected chi connectivity index (χ0v) is 14.8. The third-order valence-electron chi connectivity index (χ3n) is 4.31. The fourth-order valence-corrected chi connectivity index (χ4v) is 2.89. The quantitative estimate of drug-likeness (QED) is 0.771. The topological polar surface area (TPSA) is 49.3 Å². The van der Waals surface area contributed by atoms with Crippen molar-refractivity contribution in [2.24, 2.45) is 0 Å². The van der Waals surface area contributed by atoms with Crippen molar-refractivity contribution in [3.05, 3.63) is 54.2 Å². The van der Waals surface area contributed by atoms with Crippen LogP contribution in [0, 0.1) is 0 Å². The van der Waals surface area contributed by atoms with Crippen molar-refractivity contribution >= 4 is 11.9 Å². The summed E-state index contributed by atoms with van der Waals surface area (Å²) in [5.74, 6) is 0.416. The van der Waals surface area contributed by atoms with Crippen LogP contribution in [0.3, 0.4) is 0 Å². The van der Waals surface area contributed by atoms with E-state index in [2.05, 4.69) is 9.97 Å². The van der Waals surface area contributed by atoms with Crippen LogP contribution < -0.4 is 4.90 Å². The molecule has 2 aromatic rings. The van der Waals surface area contributed by atoms with Crippen LogP contribution in [0.25, 0.3) is 11.3 Å². The summed E-state index contributed by atoms with van der Waals surface area (Å²) in [6.07, 6.45) is 0.369. The molecule has 142 valence electrons. The summed E-state index contributed by atoms with van der Waals surface area (Å²) in [4.78, 5) is 24.2. The highest BCUT2D eigenvalue weighted by atomic mass is 19.4. The highest BCUT2D eigenvalue weighted by molar-refractivity contribution is 5.87. The first-order valence-corrected chi connectivity index (χ1v) is 8.55. The number of amides is 1. The largest absolute Gasteiger partial charge is 0.416 e. The summed E-state index contributed by atoms with van der Waals surface area (Å²) < 4.78 is 38.8. The van der Waals surface area contributed by atoms with Crippen molar-refractivity contribution in [2.75, 3.05) is 31.1 Å². The Morgan fingerprint density at radius 1 is 1.15 bits per heavy atom. The van der Waals surface area contributed by atoms with Gasteiger partial charge in [-0.1, -0.05) is 18.2 Å². The molecule has 1 fully saturated rings. The summed E-state index contributed by atoms with van der Waals surface area (Å²) in [7, 11) is 0. The fraction of sp³-hybridized carbons (Fsp3) is 0.316. The number of carbonyl (C=O) groups is 1. The van der Waals surface area contributed by atoms with Crippen molar-refractivity contribution in [2.45, 2.75) is 13.1 Å². The Bertz CT molecular complexity index is 843. The van der Waals surface area contributed by atoms with E-state index in [4.69, 9.17) is 0 Å². The van der Waals surface area contributed by atoms with Gasteiger partial charge in [-0.25, -0.2) is 9.97 Å². The predicted molar refractivity (Wildman–Crippen MR) is 96.1 cm³/mol. The third-order valence-corrected chi connectivity index (χ3v) is 4.31. The number of benzene rings is 1. The van der Waals surface area contributed by atoms with Crippen molar-refractivity contribution < 1.29 is 18.0 Å². The molecule has 0 radical (unpaired) electrons. The van der Waals surface area contributed by atoms with Gasteiger partial charge in [-0.2, -0.15) is 13.2 Å². The summed E-state index contributed by atoms with van der Waals surface area (Å²) in [6.45, 7) is 4.01. The van der Waals surface area contributed by atoms with Gasteiger partial charge in [-0.15, -0.1) is 0 Å². The van der Waals surface area contributed by atoms with E-state index in [9.17, 15) is 18.0 Å². The fourth-order valence-electron chi connectivity index (χ4n) is 2.89. The molecule has 2 heterocycles. The van der Waals surface area contributed by atoms with Crippen molar-refractivity contribution in [3.63, 3.8) is 0 Å². The molecular weight excluding hydrogens is 357 g/mol. The molecule has 27 heavy (non-hydrogen) atoms. The van der Waals surface area contributed by atoms with Gasteiger partial charge < -0.3 is 9.80 Å². The Morgan fingerprint density at radius 2 is 1.89 bits per heavy atom. The smallest absolute Gasteiger partial charge is 0.337 e. The minimum absolute atomic E-state index is 0.0317. The monoisotopic (exact) mass is 376 g/mol. The molecule has 1 aliphatic heterocycles. The Kier molecular flexibility index (Phi) is 5.43. The van der Waals surface area contributed by atoms with Crippen LogP contribution in [0.1, 0.15) is 12.5 Å². The molecule has 8 heteroatoms. The average molecular weight is 376 g/mol. The molecule has 0 aliphatic carbocycles. The number of piperazine rings is 1. The highest BCUT2D eigenvalue weighted by Gasteiger charge is 2.30. The molecule has 0 saturated carbocycles. The molecule has 0 bridgehead atoms. The van der Waals surface area contributed by atoms with Gasteiger partial charge in [0.2, 0.25) is 11.9 Å². The van der Waals surface area contributed by atoms with Gasteiger partial charge >= 0.3 is 6.18 Å². The van der Waals surface area contributed by atoms with Gasteiger partial charge in [-0.3, -0.25) is 4.79 Å². The van der Waals surface area contributed by atoms with Crippen LogP contribution in [0.5, 0.6) is 0 Å². The number of anilines is 1. The Morgan fingerprint density at radius 3 is 2.56 bits per heavy atom. The second-order valence-corrected chi connectivity index (χ2v) is 6.13. The van der Waals surface area contributed by atoms with E-state index in [0.29, 0.717) is 43.4 Å². The molecule has 3 rings (SSSR count). The van der Waals surface area contributed by atoms with Crippen molar-refractivity contribution in [3.8, 4) is 11.3 Å². The van der Waals surface area contributed by atoms with Crippen molar-refractivity contribution in [1.29, 1.82) is 0 Å². The van der Waals surface area contributed by atoms with Crippen LogP contribution in [0.2, 0.25) is 0 Å². The zero-order valence-electron chi connectivity index (χ0n) is 14.8. The molecule has 0 unspecified atom stereocenters. The van der Waals surface area contributed by atoms with E-state index < -0.39 is 11.7 Å². The summed E-state index contributed by atoms with van der Waals surface area (Å²) in [5.41, 5.74) is 0.102. The van der Waals surface area contributed by atoms with E-state index in [1.165, 1.54) is 18.3 Å². The first-order valence-electron chi connectivity index (χ1n) is 8.55. The van der Waals surface area contributed by atoms with Gasteiger partial charge in [0, 0.05) is 37.9 Å². The number of hydrogen-bond donors (Lipinski definition) is 0. The van der Waals surface area contributed by atoms with E-state index >= 15 is 0 Å². The molecule has 0 N–H and O–H groups in total. The van der Waals surface area contributed by atoms with E-state index in [1.54, 1.807) is 30.0 Å². The summed E-state index contributed by atoms with van der Waals surface area (Å²) in [5, 5.41) is 0. The molecule has 0 atom stereocenters. The Hall–Kier alpha value is -2.90. The zero-order chi connectivity index (χ0) is 19.4. The van der Waals surface area contributed by atoms with Crippen LogP contribution in [0.15, 0.2) is 48.7 Å². The lowest BCUT2D eigenvalue weighted by molar-refractivity contribution is -0.137. The third kappa shape index (κ3) is 4.45. The molecule has 1 aromatic carbocycles. The van der Waals surface area contributed by atoms with Gasteiger partial charge in [0.05, 0.1) is 11.3 Å². The average Bonchev–Trinajstić information content (AvgIpc) is 2.68. The van der Waals surface area contributed by atoms with Gasteiger partial charge in [0.1, 0.15) is 0 Å². The lowest BCUT2D eigenvalue weighted by atomic mass is 10.1. The number of allylic oxidation sites excluding steroid dienone is 1. The van der Waals surface area contributed by atoms with Crippen LogP contribution in [-0.2, 0) is 11.0 Å². The molecule has 1 aromatic heterocycles. The Labute approximate surface area is 155 Å². The number of halogens is 3. The minimum Gasteiger partial charge on any atom is -0.337 e. The molecule has 0 spiro atoms. The lowest BCUT2D eigenvalue weighted by Gasteiger charge is -2.34. The molecule has 1 amide bonds. The highest BCUT2D eigenvalue weighted by Crippen LogP contribution is 2.31. The maximum atomic E-state index is 12.9. The van der Waals surface area contributed by atoms with Crippen LogP contribution in [0.4, 0.5) is 19.1 Å². The first kappa shape index (κ1) is 18.9. The van der Waals surface area contributed by atoms with Gasteiger partial charge in [0.25, 0.3) is 0 Å². The number of rotatable bonds is 3. The lowest BCUT2D eigenvalue weighted by Crippen LogP contribution is -2.48. The van der Waals surface area contributed by atoms with Gasteiger partial charge in [-0.05, 0) is 31.2 Å². The summed E-state index contributed by atoms with van der Waals surface area (Å²) in [6, 6.07) is 6.66. The normalized spacial score (nSPS) is 15.4. The number of alkyl halides is 3. The first-order chi connectivity index (χ1) is 12.9. The SMILES string of the molecule is C/C=C/C(=O)N1CCN(c2nccc(-c3cccc(C(F)(F)F)c3)n2)CC1. The van der Waals surface area contributed by atoms with Crippen molar-refractivity contribution in [1.82, 2.24) is 14.9 Å². The number of nitrogens with zero attached hydrogens (tertiary/aromatic N) is 4. The molecule has 1 aliphatic rings. The molecule has 1 saturated heterocycles.